The molecule has 0 bridgehead atoms. The zero-order valence-electron chi connectivity index (χ0n) is 9.69. The molecule has 0 radical (unpaired) electrons. The molecule has 1 saturated carbocycles. The third-order valence-corrected chi connectivity index (χ3v) is 3.59. The minimum atomic E-state index is -0.592. The fraction of sp³-hybridized carbons (Fsp3) is 0.417. The van der Waals surface area contributed by atoms with Crippen LogP contribution in [-0.4, -0.2) is 17.4 Å². The van der Waals surface area contributed by atoms with Crippen molar-refractivity contribution in [3.63, 3.8) is 0 Å². The van der Waals surface area contributed by atoms with Crippen molar-refractivity contribution in [1.29, 1.82) is 0 Å². The van der Waals surface area contributed by atoms with Crippen LogP contribution in [0.5, 0.6) is 0 Å². The molecule has 0 aromatic heterocycles. The van der Waals surface area contributed by atoms with E-state index in [1.54, 1.807) is 0 Å². The van der Waals surface area contributed by atoms with E-state index in [9.17, 15) is 14.9 Å². The molecule has 0 unspecified atom stereocenters. The molecule has 1 aromatic rings. The standard InChI is InChI=1S/C12H13ClN2O3/c13-11-9(5-2-6-10(11)15(17)18)12(16)14-7-8-3-1-4-8/h2,5-6,8H,1,3-4,7H2,(H,14,16). The van der Waals surface area contributed by atoms with Crippen molar-refractivity contribution < 1.29 is 9.72 Å². The molecule has 96 valence electrons. The first-order valence-electron chi connectivity index (χ1n) is 5.80. The van der Waals surface area contributed by atoms with Gasteiger partial charge in [-0.15, -0.1) is 0 Å². The summed E-state index contributed by atoms with van der Waals surface area (Å²) < 4.78 is 0. The molecule has 2 rings (SSSR count). The van der Waals surface area contributed by atoms with Gasteiger partial charge in [0.25, 0.3) is 11.6 Å². The summed E-state index contributed by atoms with van der Waals surface area (Å²) in [5, 5.41) is 13.4. The van der Waals surface area contributed by atoms with Gasteiger partial charge in [-0.2, -0.15) is 0 Å². The van der Waals surface area contributed by atoms with Gasteiger partial charge in [0.2, 0.25) is 0 Å². The topological polar surface area (TPSA) is 72.2 Å². The number of carbonyl (C=O) groups is 1. The van der Waals surface area contributed by atoms with Crippen molar-refractivity contribution in [3.05, 3.63) is 38.9 Å². The van der Waals surface area contributed by atoms with E-state index in [2.05, 4.69) is 5.32 Å². The highest BCUT2D eigenvalue weighted by atomic mass is 35.5. The van der Waals surface area contributed by atoms with Crippen LogP contribution in [0, 0.1) is 16.0 Å². The lowest BCUT2D eigenvalue weighted by Gasteiger charge is -2.25. The number of hydrogen-bond acceptors (Lipinski definition) is 3. The summed E-state index contributed by atoms with van der Waals surface area (Å²) in [5.74, 6) is 0.182. The quantitative estimate of drug-likeness (QED) is 0.674. The summed E-state index contributed by atoms with van der Waals surface area (Å²) >= 11 is 5.86. The number of nitrogens with one attached hydrogen (secondary N) is 1. The molecule has 5 nitrogen and oxygen atoms in total. The van der Waals surface area contributed by atoms with E-state index in [4.69, 9.17) is 11.6 Å². The average Bonchev–Trinajstić information content (AvgIpc) is 2.26. The van der Waals surface area contributed by atoms with E-state index in [1.807, 2.05) is 0 Å². The van der Waals surface area contributed by atoms with Crippen molar-refractivity contribution in [2.75, 3.05) is 6.54 Å². The number of halogens is 1. The van der Waals surface area contributed by atoms with Gasteiger partial charge in [0.1, 0.15) is 5.02 Å². The zero-order valence-corrected chi connectivity index (χ0v) is 10.4. The minimum Gasteiger partial charge on any atom is -0.352 e. The molecule has 1 aromatic carbocycles. The Balaban J connectivity index is 2.09. The maximum Gasteiger partial charge on any atom is 0.288 e. The molecule has 6 heteroatoms. The van der Waals surface area contributed by atoms with Crippen LogP contribution < -0.4 is 5.32 Å². The minimum absolute atomic E-state index is 0.103. The Labute approximate surface area is 109 Å². The SMILES string of the molecule is O=C(NCC1CCC1)c1cccc([N+](=O)[O-])c1Cl. The Bertz CT molecular complexity index is 486. The molecule has 1 aliphatic carbocycles. The molecule has 0 aliphatic heterocycles. The van der Waals surface area contributed by atoms with Crippen molar-refractivity contribution in [2.24, 2.45) is 5.92 Å². The molecular formula is C12H13ClN2O3. The van der Waals surface area contributed by atoms with E-state index in [-0.39, 0.29) is 22.2 Å². The lowest BCUT2D eigenvalue weighted by molar-refractivity contribution is -0.384. The molecular weight excluding hydrogens is 256 g/mol. The molecule has 0 saturated heterocycles. The van der Waals surface area contributed by atoms with E-state index >= 15 is 0 Å². The second-order valence-corrected chi connectivity index (χ2v) is 4.78. The predicted molar refractivity (Wildman–Crippen MR) is 67.8 cm³/mol. The van der Waals surface area contributed by atoms with Crippen molar-refractivity contribution in [1.82, 2.24) is 5.32 Å². The second kappa shape index (κ2) is 5.35. The van der Waals surface area contributed by atoms with Crippen LogP contribution in [0.2, 0.25) is 5.02 Å². The van der Waals surface area contributed by atoms with Gasteiger partial charge >= 0.3 is 0 Å². The van der Waals surface area contributed by atoms with E-state index < -0.39 is 4.92 Å². The number of amides is 1. The highest BCUT2D eigenvalue weighted by molar-refractivity contribution is 6.35. The van der Waals surface area contributed by atoms with Crippen LogP contribution in [0.3, 0.4) is 0 Å². The molecule has 1 fully saturated rings. The van der Waals surface area contributed by atoms with Crippen LogP contribution >= 0.6 is 11.6 Å². The number of carbonyl (C=O) groups excluding carboxylic acids is 1. The number of hydrogen-bond donors (Lipinski definition) is 1. The molecule has 0 atom stereocenters. The number of nitro benzene ring substituents is 1. The first kappa shape index (κ1) is 12.8. The van der Waals surface area contributed by atoms with Crippen molar-refractivity contribution in [2.45, 2.75) is 19.3 Å². The summed E-state index contributed by atoms with van der Waals surface area (Å²) in [5.41, 5.74) is -0.0850. The zero-order chi connectivity index (χ0) is 13.1. The Kier molecular flexibility index (Phi) is 3.81. The van der Waals surface area contributed by atoms with Gasteiger partial charge in [0.15, 0.2) is 0 Å². The van der Waals surface area contributed by atoms with Crippen LogP contribution in [0.1, 0.15) is 29.6 Å². The normalized spacial score (nSPS) is 14.9. The maximum absolute atomic E-state index is 11.9. The summed E-state index contributed by atoms with van der Waals surface area (Å²) in [6, 6.07) is 4.23. The van der Waals surface area contributed by atoms with Crippen LogP contribution in [0.4, 0.5) is 5.69 Å². The van der Waals surface area contributed by atoms with E-state index in [1.165, 1.54) is 24.6 Å². The summed E-state index contributed by atoms with van der Waals surface area (Å²) in [7, 11) is 0. The van der Waals surface area contributed by atoms with E-state index in [0.29, 0.717) is 12.5 Å². The third-order valence-electron chi connectivity index (χ3n) is 3.20. The first-order valence-corrected chi connectivity index (χ1v) is 6.18. The van der Waals surface area contributed by atoms with Gasteiger partial charge in [-0.3, -0.25) is 14.9 Å². The van der Waals surface area contributed by atoms with Crippen LogP contribution in [0.15, 0.2) is 18.2 Å². The van der Waals surface area contributed by atoms with Gasteiger partial charge in [0, 0.05) is 12.6 Å². The van der Waals surface area contributed by atoms with Crippen molar-refractivity contribution >= 4 is 23.2 Å². The molecule has 1 N–H and O–H groups in total. The second-order valence-electron chi connectivity index (χ2n) is 4.40. The number of nitro groups is 1. The van der Waals surface area contributed by atoms with Crippen molar-refractivity contribution in [3.8, 4) is 0 Å². The molecule has 18 heavy (non-hydrogen) atoms. The van der Waals surface area contributed by atoms with Gasteiger partial charge in [-0.25, -0.2) is 0 Å². The van der Waals surface area contributed by atoms with Gasteiger partial charge in [-0.05, 0) is 24.8 Å². The van der Waals surface area contributed by atoms with Gasteiger partial charge in [0.05, 0.1) is 10.5 Å². The molecule has 0 spiro atoms. The lowest BCUT2D eigenvalue weighted by Crippen LogP contribution is -2.32. The Morgan fingerprint density at radius 1 is 1.50 bits per heavy atom. The fourth-order valence-electron chi connectivity index (χ4n) is 1.87. The monoisotopic (exact) mass is 268 g/mol. The highest BCUT2D eigenvalue weighted by Crippen LogP contribution is 2.28. The summed E-state index contributed by atoms with van der Waals surface area (Å²) in [6.07, 6.45) is 3.46. The van der Waals surface area contributed by atoms with Crippen LogP contribution in [-0.2, 0) is 0 Å². The average molecular weight is 269 g/mol. The molecule has 1 amide bonds. The smallest absolute Gasteiger partial charge is 0.288 e. The maximum atomic E-state index is 11.9. The Morgan fingerprint density at radius 2 is 2.22 bits per heavy atom. The Morgan fingerprint density at radius 3 is 2.78 bits per heavy atom. The lowest BCUT2D eigenvalue weighted by atomic mass is 9.85. The first-order chi connectivity index (χ1) is 8.59. The highest BCUT2D eigenvalue weighted by Gasteiger charge is 2.22. The van der Waals surface area contributed by atoms with E-state index in [0.717, 1.165) is 12.8 Å². The summed E-state index contributed by atoms with van der Waals surface area (Å²) in [6.45, 7) is 0.609. The fourth-order valence-corrected chi connectivity index (χ4v) is 2.15. The van der Waals surface area contributed by atoms with Crippen LogP contribution in [0.25, 0.3) is 0 Å². The largest absolute Gasteiger partial charge is 0.352 e. The number of nitrogens with zero attached hydrogens (tertiary/aromatic N) is 1. The number of benzene rings is 1. The molecule has 1 aliphatic rings. The summed E-state index contributed by atoms with van der Waals surface area (Å²) in [4.78, 5) is 22.0. The third kappa shape index (κ3) is 2.61. The van der Waals surface area contributed by atoms with Gasteiger partial charge < -0.3 is 5.32 Å². The number of rotatable bonds is 4. The molecule has 0 heterocycles. The van der Waals surface area contributed by atoms with Gasteiger partial charge in [-0.1, -0.05) is 24.1 Å². The Hall–Kier alpha value is -1.62. The predicted octanol–water partition coefficient (Wildman–Crippen LogP) is 2.78.